The first-order valence-corrected chi connectivity index (χ1v) is 6.55. The van der Waals surface area contributed by atoms with Gasteiger partial charge in [-0.15, -0.1) is 0 Å². The van der Waals surface area contributed by atoms with E-state index in [-0.39, 0.29) is 10.5 Å². The van der Waals surface area contributed by atoms with E-state index in [1.165, 1.54) is 12.1 Å². The lowest BCUT2D eigenvalue weighted by Crippen LogP contribution is -1.90. The number of rotatable bonds is 3. The van der Waals surface area contributed by atoms with Crippen molar-refractivity contribution >= 4 is 41.2 Å². The van der Waals surface area contributed by atoms with Crippen molar-refractivity contribution in [1.82, 2.24) is 0 Å². The fourth-order valence-electron chi connectivity index (χ4n) is 1.39. The van der Waals surface area contributed by atoms with Crippen LogP contribution in [0.25, 0.3) is 0 Å². The normalized spacial score (nSPS) is 10.4. The van der Waals surface area contributed by atoms with Gasteiger partial charge >= 0.3 is 0 Å². The van der Waals surface area contributed by atoms with Gasteiger partial charge in [-0.1, -0.05) is 47.1 Å². The molecule has 0 saturated heterocycles. The van der Waals surface area contributed by atoms with Gasteiger partial charge in [0.25, 0.3) is 0 Å². The van der Waals surface area contributed by atoms with E-state index in [0.29, 0.717) is 21.2 Å². The van der Waals surface area contributed by atoms with Crippen LogP contribution in [0, 0.1) is 5.82 Å². The molecule has 0 fully saturated rings. The lowest BCUT2D eigenvalue weighted by molar-refractivity contribution is 0.112. The molecule has 0 unspecified atom stereocenters. The third kappa shape index (κ3) is 2.86. The largest absolute Gasteiger partial charge is 0.298 e. The molecule has 0 atom stereocenters. The minimum Gasteiger partial charge on any atom is -0.298 e. The van der Waals surface area contributed by atoms with E-state index in [0.717, 1.165) is 11.8 Å². The quantitative estimate of drug-likeness (QED) is 0.734. The highest BCUT2D eigenvalue weighted by Crippen LogP contribution is 2.37. The zero-order chi connectivity index (χ0) is 13.1. The predicted molar refractivity (Wildman–Crippen MR) is 72.4 cm³/mol. The second kappa shape index (κ2) is 5.74. The molecule has 18 heavy (non-hydrogen) atoms. The topological polar surface area (TPSA) is 17.1 Å². The third-order valence-electron chi connectivity index (χ3n) is 2.23. The molecule has 2 rings (SSSR count). The van der Waals surface area contributed by atoms with E-state index in [1.54, 1.807) is 24.3 Å². The molecule has 0 aromatic heterocycles. The Morgan fingerprint density at radius 1 is 1.17 bits per heavy atom. The highest BCUT2D eigenvalue weighted by Gasteiger charge is 2.12. The number of aldehydes is 1. The molecular weight excluding hydrogens is 294 g/mol. The summed E-state index contributed by atoms with van der Waals surface area (Å²) in [4.78, 5) is 11.7. The molecule has 2 aromatic rings. The fraction of sp³-hybridized carbons (Fsp3) is 0. The average Bonchev–Trinajstić information content (AvgIpc) is 2.36. The van der Waals surface area contributed by atoms with Crippen molar-refractivity contribution in [2.24, 2.45) is 0 Å². The van der Waals surface area contributed by atoms with E-state index in [1.807, 2.05) is 0 Å². The predicted octanol–water partition coefficient (Wildman–Crippen LogP) is 5.10. The minimum absolute atomic E-state index is 0.247. The number of hydrogen-bond acceptors (Lipinski definition) is 2. The van der Waals surface area contributed by atoms with Gasteiger partial charge in [0.1, 0.15) is 5.82 Å². The number of halogens is 3. The molecule has 0 spiro atoms. The van der Waals surface area contributed by atoms with Crippen LogP contribution in [0.1, 0.15) is 10.4 Å². The summed E-state index contributed by atoms with van der Waals surface area (Å²) in [6.07, 6.45) is 0.615. The molecule has 0 aliphatic carbocycles. The third-order valence-corrected chi connectivity index (χ3v) is 4.10. The van der Waals surface area contributed by atoms with Crippen LogP contribution in [0.3, 0.4) is 0 Å². The van der Waals surface area contributed by atoms with E-state index >= 15 is 0 Å². The van der Waals surface area contributed by atoms with Crippen LogP contribution < -0.4 is 0 Å². The Hall–Kier alpha value is -1.03. The van der Waals surface area contributed by atoms with Crippen LogP contribution in [-0.4, -0.2) is 6.29 Å². The van der Waals surface area contributed by atoms with Gasteiger partial charge in [0.05, 0.1) is 9.92 Å². The van der Waals surface area contributed by atoms with Crippen LogP contribution >= 0.6 is 35.0 Å². The van der Waals surface area contributed by atoms with Gasteiger partial charge in [0, 0.05) is 15.5 Å². The molecule has 2 aromatic carbocycles. The lowest BCUT2D eigenvalue weighted by Gasteiger charge is -2.07. The van der Waals surface area contributed by atoms with Crippen LogP contribution in [-0.2, 0) is 0 Å². The Kier molecular flexibility index (Phi) is 4.27. The second-order valence-electron chi connectivity index (χ2n) is 3.45. The number of hydrogen-bond donors (Lipinski definition) is 0. The molecule has 1 nitrogen and oxygen atoms in total. The number of benzene rings is 2. The zero-order valence-corrected chi connectivity index (χ0v) is 11.3. The van der Waals surface area contributed by atoms with Crippen molar-refractivity contribution in [3.05, 3.63) is 57.8 Å². The molecular formula is C13H7Cl2FOS. The van der Waals surface area contributed by atoms with Crippen molar-refractivity contribution in [1.29, 1.82) is 0 Å². The summed E-state index contributed by atoms with van der Waals surface area (Å²) < 4.78 is 13.7. The van der Waals surface area contributed by atoms with E-state index in [2.05, 4.69) is 0 Å². The smallest absolute Gasteiger partial charge is 0.151 e. The Morgan fingerprint density at radius 2 is 1.94 bits per heavy atom. The molecule has 0 bridgehead atoms. The summed E-state index contributed by atoms with van der Waals surface area (Å²) in [6.45, 7) is 0. The van der Waals surface area contributed by atoms with Gasteiger partial charge in [-0.3, -0.25) is 4.79 Å². The van der Waals surface area contributed by atoms with Gasteiger partial charge in [0.2, 0.25) is 0 Å². The minimum atomic E-state index is -0.458. The number of carbonyl (C=O) groups is 1. The van der Waals surface area contributed by atoms with Crippen LogP contribution in [0.4, 0.5) is 4.39 Å². The molecule has 92 valence electrons. The molecule has 0 aliphatic rings. The number of carbonyl (C=O) groups excluding carboxylic acids is 1. The summed E-state index contributed by atoms with van der Waals surface area (Å²) in [6, 6.07) is 9.26. The molecule has 0 radical (unpaired) electrons. The van der Waals surface area contributed by atoms with E-state index < -0.39 is 5.82 Å². The zero-order valence-electron chi connectivity index (χ0n) is 8.99. The Bertz CT molecular complexity index is 602. The second-order valence-corrected chi connectivity index (χ2v) is 5.35. The first-order chi connectivity index (χ1) is 8.61. The van der Waals surface area contributed by atoms with Gasteiger partial charge < -0.3 is 0 Å². The summed E-state index contributed by atoms with van der Waals surface area (Å²) in [5.74, 6) is -0.458. The maximum Gasteiger partial charge on any atom is 0.151 e. The van der Waals surface area contributed by atoms with Gasteiger partial charge in [0.15, 0.2) is 6.29 Å². The summed E-state index contributed by atoms with van der Waals surface area (Å²) in [7, 11) is 0. The van der Waals surface area contributed by atoms with Gasteiger partial charge in [-0.25, -0.2) is 4.39 Å². The molecule has 0 saturated carbocycles. The molecule has 0 N–H and O–H groups in total. The Balaban J connectivity index is 2.45. The summed E-state index contributed by atoms with van der Waals surface area (Å²) in [5, 5.41) is 0.968. The first-order valence-electron chi connectivity index (χ1n) is 4.98. The highest BCUT2D eigenvalue weighted by atomic mass is 35.5. The van der Waals surface area contributed by atoms with Crippen LogP contribution in [0.2, 0.25) is 10.0 Å². The van der Waals surface area contributed by atoms with Crippen molar-refractivity contribution in [2.75, 3.05) is 0 Å². The maximum atomic E-state index is 13.7. The van der Waals surface area contributed by atoms with E-state index in [4.69, 9.17) is 23.2 Å². The molecule has 5 heteroatoms. The molecule has 0 amide bonds. The van der Waals surface area contributed by atoms with E-state index in [9.17, 15) is 9.18 Å². The van der Waals surface area contributed by atoms with Crippen molar-refractivity contribution in [2.45, 2.75) is 9.79 Å². The standard InChI is InChI=1S/C13H7Cl2FOS/c14-9-4-5-10(15)12(6-9)18-13-8(7-17)2-1-3-11(13)16/h1-7H. The van der Waals surface area contributed by atoms with Crippen molar-refractivity contribution in [3.63, 3.8) is 0 Å². The molecule has 0 aliphatic heterocycles. The molecule has 0 heterocycles. The van der Waals surface area contributed by atoms with Crippen LogP contribution in [0.5, 0.6) is 0 Å². The Morgan fingerprint density at radius 3 is 2.67 bits per heavy atom. The van der Waals surface area contributed by atoms with Crippen molar-refractivity contribution in [3.8, 4) is 0 Å². The average molecular weight is 301 g/mol. The van der Waals surface area contributed by atoms with Crippen LogP contribution in [0.15, 0.2) is 46.2 Å². The van der Waals surface area contributed by atoms with Crippen molar-refractivity contribution < 1.29 is 9.18 Å². The summed E-state index contributed by atoms with van der Waals surface area (Å²) >= 11 is 12.9. The Labute approximate surface area is 118 Å². The summed E-state index contributed by atoms with van der Waals surface area (Å²) in [5.41, 5.74) is 0.288. The lowest BCUT2D eigenvalue weighted by atomic mass is 10.2. The van der Waals surface area contributed by atoms with Gasteiger partial charge in [-0.2, -0.15) is 0 Å². The highest BCUT2D eigenvalue weighted by molar-refractivity contribution is 7.99. The SMILES string of the molecule is O=Cc1cccc(F)c1Sc1cc(Cl)ccc1Cl. The first kappa shape index (κ1) is 13.4. The maximum absolute atomic E-state index is 13.7. The van der Waals surface area contributed by atoms with Gasteiger partial charge in [-0.05, 0) is 24.3 Å². The monoisotopic (exact) mass is 300 g/mol. The fourth-order valence-corrected chi connectivity index (χ4v) is 2.83.